The summed E-state index contributed by atoms with van der Waals surface area (Å²) in [4.78, 5) is 28.9. The lowest BCUT2D eigenvalue weighted by atomic mass is 10.1. The van der Waals surface area contributed by atoms with Crippen molar-refractivity contribution >= 4 is 33.4 Å². The summed E-state index contributed by atoms with van der Waals surface area (Å²) in [6.07, 6.45) is 3.37. The van der Waals surface area contributed by atoms with E-state index in [9.17, 15) is 9.59 Å². The summed E-state index contributed by atoms with van der Waals surface area (Å²) in [6.45, 7) is 0.363. The standard InChI is InChI=1S/C20H16BrN3O2/c21-16-9-7-15(8-10-16)19(25)24-18-6-2-1-5-17(18)20(26)23-13-14-4-3-11-22-12-14/h1-12H,13H2,(H,23,26)(H,24,25). The molecule has 0 saturated heterocycles. The number of aromatic nitrogens is 1. The molecule has 130 valence electrons. The van der Waals surface area contributed by atoms with Gasteiger partial charge in [0.25, 0.3) is 11.8 Å². The fourth-order valence-corrected chi connectivity index (χ4v) is 2.63. The van der Waals surface area contributed by atoms with E-state index in [1.54, 1.807) is 60.9 Å². The van der Waals surface area contributed by atoms with E-state index < -0.39 is 0 Å². The molecule has 3 rings (SSSR count). The number of carbonyl (C=O) groups is 2. The van der Waals surface area contributed by atoms with Crippen LogP contribution in [0.4, 0.5) is 5.69 Å². The summed E-state index contributed by atoms with van der Waals surface area (Å²) in [5.41, 5.74) is 2.28. The Balaban J connectivity index is 1.72. The Labute approximate surface area is 159 Å². The van der Waals surface area contributed by atoms with E-state index in [0.717, 1.165) is 10.0 Å². The topological polar surface area (TPSA) is 71.1 Å². The number of hydrogen-bond acceptors (Lipinski definition) is 3. The number of rotatable bonds is 5. The summed E-state index contributed by atoms with van der Waals surface area (Å²) in [7, 11) is 0. The van der Waals surface area contributed by atoms with Crippen molar-refractivity contribution in [2.45, 2.75) is 6.54 Å². The summed E-state index contributed by atoms with van der Waals surface area (Å²) < 4.78 is 0.893. The lowest BCUT2D eigenvalue weighted by Gasteiger charge is -2.11. The highest BCUT2D eigenvalue weighted by Gasteiger charge is 2.14. The van der Waals surface area contributed by atoms with Crippen LogP contribution in [-0.2, 0) is 6.54 Å². The zero-order valence-corrected chi connectivity index (χ0v) is 15.4. The molecule has 1 heterocycles. The molecule has 5 nitrogen and oxygen atoms in total. The van der Waals surface area contributed by atoms with Gasteiger partial charge in [-0.25, -0.2) is 0 Å². The summed E-state index contributed by atoms with van der Waals surface area (Å²) in [6, 6.07) is 17.6. The number of pyridine rings is 1. The number of halogens is 1. The normalized spacial score (nSPS) is 10.2. The average Bonchev–Trinajstić information content (AvgIpc) is 2.68. The number of carbonyl (C=O) groups excluding carboxylic acids is 2. The molecule has 3 aromatic rings. The van der Waals surface area contributed by atoms with Crippen LogP contribution < -0.4 is 10.6 Å². The molecule has 2 aromatic carbocycles. The van der Waals surface area contributed by atoms with Gasteiger partial charge in [0.15, 0.2) is 0 Å². The Morgan fingerprint density at radius 3 is 2.42 bits per heavy atom. The number of nitrogens with one attached hydrogen (secondary N) is 2. The molecule has 2 amide bonds. The van der Waals surface area contributed by atoms with Crippen LogP contribution in [0, 0.1) is 0 Å². The predicted molar refractivity (Wildman–Crippen MR) is 104 cm³/mol. The van der Waals surface area contributed by atoms with E-state index in [2.05, 4.69) is 31.5 Å². The predicted octanol–water partition coefficient (Wildman–Crippen LogP) is 4.03. The van der Waals surface area contributed by atoms with Gasteiger partial charge in [0.1, 0.15) is 0 Å². The lowest BCUT2D eigenvalue weighted by Crippen LogP contribution is -2.25. The first-order valence-electron chi connectivity index (χ1n) is 7.96. The second kappa shape index (κ2) is 8.40. The Morgan fingerprint density at radius 2 is 1.69 bits per heavy atom. The highest BCUT2D eigenvalue weighted by atomic mass is 79.9. The molecule has 0 fully saturated rings. The van der Waals surface area contributed by atoms with Crippen LogP contribution in [0.2, 0.25) is 0 Å². The fraction of sp³-hybridized carbons (Fsp3) is 0.0500. The van der Waals surface area contributed by atoms with Crippen molar-refractivity contribution in [3.8, 4) is 0 Å². The van der Waals surface area contributed by atoms with Crippen LogP contribution >= 0.6 is 15.9 Å². The average molecular weight is 410 g/mol. The number of amides is 2. The maximum absolute atomic E-state index is 12.5. The van der Waals surface area contributed by atoms with Gasteiger partial charge in [0, 0.05) is 29.0 Å². The molecule has 0 spiro atoms. The van der Waals surface area contributed by atoms with E-state index in [0.29, 0.717) is 23.4 Å². The van der Waals surface area contributed by atoms with Crippen LogP contribution in [0.15, 0.2) is 77.5 Å². The van der Waals surface area contributed by atoms with Gasteiger partial charge in [-0.15, -0.1) is 0 Å². The first-order valence-corrected chi connectivity index (χ1v) is 8.76. The van der Waals surface area contributed by atoms with Gasteiger partial charge in [-0.2, -0.15) is 0 Å². The van der Waals surface area contributed by atoms with Crippen molar-refractivity contribution in [3.63, 3.8) is 0 Å². The Kier molecular flexibility index (Phi) is 5.76. The molecule has 26 heavy (non-hydrogen) atoms. The Morgan fingerprint density at radius 1 is 0.923 bits per heavy atom. The highest BCUT2D eigenvalue weighted by molar-refractivity contribution is 9.10. The van der Waals surface area contributed by atoms with Gasteiger partial charge < -0.3 is 10.6 Å². The highest BCUT2D eigenvalue weighted by Crippen LogP contribution is 2.17. The minimum absolute atomic E-state index is 0.263. The Bertz CT molecular complexity index is 912. The molecule has 1 aromatic heterocycles. The van der Waals surface area contributed by atoms with Gasteiger partial charge in [-0.3, -0.25) is 14.6 Å². The first-order chi connectivity index (χ1) is 12.6. The number of anilines is 1. The molecule has 0 aliphatic heterocycles. The minimum Gasteiger partial charge on any atom is -0.348 e. The summed E-state index contributed by atoms with van der Waals surface area (Å²) >= 11 is 3.34. The molecule has 0 aliphatic carbocycles. The maximum Gasteiger partial charge on any atom is 0.255 e. The molecule has 0 aliphatic rings. The van der Waals surface area contributed by atoms with Gasteiger partial charge in [0.2, 0.25) is 0 Å². The third kappa shape index (κ3) is 4.55. The largest absolute Gasteiger partial charge is 0.348 e. The van der Waals surface area contributed by atoms with Crippen LogP contribution in [0.3, 0.4) is 0 Å². The van der Waals surface area contributed by atoms with Crippen molar-refractivity contribution in [2.24, 2.45) is 0 Å². The van der Waals surface area contributed by atoms with E-state index >= 15 is 0 Å². The second-order valence-electron chi connectivity index (χ2n) is 5.55. The van der Waals surface area contributed by atoms with Crippen LogP contribution in [-0.4, -0.2) is 16.8 Å². The summed E-state index contributed by atoms with van der Waals surface area (Å²) in [5.74, 6) is -0.537. The smallest absolute Gasteiger partial charge is 0.255 e. The van der Waals surface area contributed by atoms with Crippen molar-refractivity contribution in [2.75, 3.05) is 5.32 Å². The lowest BCUT2D eigenvalue weighted by molar-refractivity contribution is 0.0951. The fourth-order valence-electron chi connectivity index (χ4n) is 2.37. The minimum atomic E-state index is -0.273. The molecular weight excluding hydrogens is 394 g/mol. The van der Waals surface area contributed by atoms with Crippen LogP contribution in [0.5, 0.6) is 0 Å². The van der Waals surface area contributed by atoms with Crippen LogP contribution in [0.1, 0.15) is 26.3 Å². The maximum atomic E-state index is 12.5. The van der Waals surface area contributed by atoms with E-state index in [1.165, 1.54) is 0 Å². The first kappa shape index (κ1) is 17.8. The van der Waals surface area contributed by atoms with E-state index in [-0.39, 0.29) is 11.8 Å². The molecule has 0 atom stereocenters. The van der Waals surface area contributed by atoms with E-state index in [1.807, 2.05) is 12.1 Å². The zero-order chi connectivity index (χ0) is 18.4. The molecule has 0 unspecified atom stereocenters. The SMILES string of the molecule is O=C(Nc1ccccc1C(=O)NCc1cccnc1)c1ccc(Br)cc1. The van der Waals surface area contributed by atoms with Crippen LogP contribution in [0.25, 0.3) is 0 Å². The third-order valence-corrected chi connectivity index (χ3v) is 4.23. The second-order valence-corrected chi connectivity index (χ2v) is 6.47. The number of nitrogens with zero attached hydrogens (tertiary/aromatic N) is 1. The van der Waals surface area contributed by atoms with Gasteiger partial charge in [-0.05, 0) is 48.0 Å². The monoisotopic (exact) mass is 409 g/mol. The third-order valence-electron chi connectivity index (χ3n) is 3.70. The van der Waals surface area contributed by atoms with Gasteiger partial charge in [-0.1, -0.05) is 34.1 Å². The van der Waals surface area contributed by atoms with E-state index in [4.69, 9.17) is 0 Å². The van der Waals surface area contributed by atoms with Gasteiger partial charge >= 0.3 is 0 Å². The summed E-state index contributed by atoms with van der Waals surface area (Å²) in [5, 5.41) is 5.64. The zero-order valence-electron chi connectivity index (χ0n) is 13.8. The molecule has 0 radical (unpaired) electrons. The molecule has 2 N–H and O–H groups in total. The van der Waals surface area contributed by atoms with Gasteiger partial charge in [0.05, 0.1) is 11.3 Å². The van der Waals surface area contributed by atoms with Crippen molar-refractivity contribution in [3.05, 3.63) is 94.2 Å². The molecule has 6 heteroatoms. The number of benzene rings is 2. The number of para-hydroxylation sites is 1. The molecule has 0 bridgehead atoms. The Hall–Kier alpha value is -2.99. The molecular formula is C20H16BrN3O2. The van der Waals surface area contributed by atoms with Crippen molar-refractivity contribution in [1.82, 2.24) is 10.3 Å². The number of hydrogen-bond donors (Lipinski definition) is 2. The van der Waals surface area contributed by atoms with Crippen molar-refractivity contribution in [1.29, 1.82) is 0 Å². The van der Waals surface area contributed by atoms with Crippen molar-refractivity contribution < 1.29 is 9.59 Å². The molecule has 0 saturated carbocycles. The quantitative estimate of drug-likeness (QED) is 0.668.